The summed E-state index contributed by atoms with van der Waals surface area (Å²) in [6.45, 7) is 5.48. The Balaban J connectivity index is 1.80. The fourth-order valence-electron chi connectivity index (χ4n) is 2.14. The fraction of sp³-hybridized carbons (Fsp3) is 0.353. The van der Waals surface area contributed by atoms with Gasteiger partial charge in [-0.3, -0.25) is 0 Å². The van der Waals surface area contributed by atoms with Crippen LogP contribution in [0.2, 0.25) is 0 Å². The van der Waals surface area contributed by atoms with Gasteiger partial charge in [0.1, 0.15) is 11.5 Å². The van der Waals surface area contributed by atoms with E-state index in [0.717, 1.165) is 42.9 Å². The molecule has 4 heteroatoms. The smallest absolute Gasteiger partial charge is 0.123 e. The third-order valence-corrected chi connectivity index (χ3v) is 3.26. The summed E-state index contributed by atoms with van der Waals surface area (Å²) in [5, 5.41) is 0. The first-order valence-electron chi connectivity index (χ1n) is 7.20. The fourth-order valence-corrected chi connectivity index (χ4v) is 2.14. The zero-order valence-electron chi connectivity index (χ0n) is 12.5. The van der Waals surface area contributed by atoms with E-state index in [9.17, 15) is 0 Å². The van der Waals surface area contributed by atoms with E-state index in [-0.39, 0.29) is 0 Å². The number of methoxy groups -OCH3 is 1. The molecule has 0 spiro atoms. The predicted octanol–water partition coefficient (Wildman–Crippen LogP) is 3.48. The third-order valence-electron chi connectivity index (χ3n) is 3.26. The highest BCUT2D eigenvalue weighted by Crippen LogP contribution is 2.25. The number of hydrogen-bond acceptors (Lipinski definition) is 3. The first-order valence-corrected chi connectivity index (χ1v) is 7.20. The lowest BCUT2D eigenvalue weighted by Gasteiger charge is -2.12. The van der Waals surface area contributed by atoms with E-state index in [1.165, 1.54) is 0 Å². The molecule has 0 saturated heterocycles. The van der Waals surface area contributed by atoms with Crippen LogP contribution < -0.4 is 9.47 Å². The molecule has 0 saturated carbocycles. The molecule has 0 N–H and O–H groups in total. The lowest BCUT2D eigenvalue weighted by atomic mass is 10.1. The zero-order chi connectivity index (χ0) is 14.9. The number of nitrogens with zero attached hydrogens (tertiary/aromatic N) is 2. The molecular weight excluding hydrogens is 264 g/mol. The standard InChI is InChI=1S/C17H22N2O2/c1-3-6-15-13-16(20-2)7-8-17(15)21-12-5-4-10-19-11-9-18-14-19/h3,7-9,11,13-14H,1,4-6,10,12H2,2H3. The van der Waals surface area contributed by atoms with Gasteiger partial charge < -0.3 is 14.0 Å². The summed E-state index contributed by atoms with van der Waals surface area (Å²) in [6.07, 6.45) is 10.4. The van der Waals surface area contributed by atoms with Crippen molar-refractivity contribution in [2.24, 2.45) is 0 Å². The number of aromatic nitrogens is 2. The number of ether oxygens (including phenoxy) is 2. The van der Waals surface area contributed by atoms with E-state index in [1.807, 2.05) is 36.8 Å². The normalized spacial score (nSPS) is 10.3. The van der Waals surface area contributed by atoms with E-state index in [1.54, 1.807) is 13.3 Å². The van der Waals surface area contributed by atoms with Gasteiger partial charge in [0.15, 0.2) is 0 Å². The first kappa shape index (κ1) is 15.2. The molecule has 2 aromatic rings. The van der Waals surface area contributed by atoms with Crippen LogP contribution in [0.3, 0.4) is 0 Å². The Morgan fingerprint density at radius 2 is 2.24 bits per heavy atom. The summed E-state index contributed by atoms with van der Waals surface area (Å²) in [4.78, 5) is 4.03. The van der Waals surface area contributed by atoms with Gasteiger partial charge in [-0.25, -0.2) is 4.98 Å². The van der Waals surface area contributed by atoms with Gasteiger partial charge in [-0.05, 0) is 37.5 Å². The Hall–Kier alpha value is -2.23. The van der Waals surface area contributed by atoms with Gasteiger partial charge in [0, 0.05) is 24.5 Å². The Kier molecular flexibility index (Phi) is 5.88. The quantitative estimate of drug-likeness (QED) is 0.523. The molecule has 21 heavy (non-hydrogen) atoms. The largest absolute Gasteiger partial charge is 0.497 e. The second-order valence-electron chi connectivity index (χ2n) is 4.82. The molecule has 0 amide bonds. The van der Waals surface area contributed by atoms with Crippen LogP contribution in [0.15, 0.2) is 49.6 Å². The van der Waals surface area contributed by atoms with Crippen molar-refractivity contribution in [1.82, 2.24) is 9.55 Å². The van der Waals surface area contributed by atoms with Crippen LogP contribution in [0, 0.1) is 0 Å². The van der Waals surface area contributed by atoms with E-state index in [2.05, 4.69) is 16.1 Å². The van der Waals surface area contributed by atoms with E-state index in [4.69, 9.17) is 9.47 Å². The Morgan fingerprint density at radius 3 is 2.95 bits per heavy atom. The van der Waals surface area contributed by atoms with Gasteiger partial charge >= 0.3 is 0 Å². The summed E-state index contributed by atoms with van der Waals surface area (Å²) in [6, 6.07) is 5.89. The highest BCUT2D eigenvalue weighted by molar-refractivity contribution is 5.41. The molecule has 1 aromatic carbocycles. The minimum atomic E-state index is 0.713. The molecule has 1 aromatic heterocycles. The maximum absolute atomic E-state index is 5.88. The number of benzene rings is 1. The lowest BCUT2D eigenvalue weighted by molar-refractivity contribution is 0.300. The molecule has 0 atom stereocenters. The maximum atomic E-state index is 5.88. The van der Waals surface area contributed by atoms with Crippen LogP contribution in [0.4, 0.5) is 0 Å². The molecule has 0 aliphatic carbocycles. The van der Waals surface area contributed by atoms with Gasteiger partial charge in [-0.2, -0.15) is 0 Å². The summed E-state index contributed by atoms with van der Waals surface area (Å²) >= 11 is 0. The summed E-state index contributed by atoms with van der Waals surface area (Å²) in [7, 11) is 1.67. The number of unbranched alkanes of at least 4 members (excludes halogenated alkanes) is 1. The number of aryl methyl sites for hydroxylation is 1. The molecule has 4 nitrogen and oxygen atoms in total. The minimum Gasteiger partial charge on any atom is -0.497 e. The highest BCUT2D eigenvalue weighted by atomic mass is 16.5. The van der Waals surface area contributed by atoms with Crippen molar-refractivity contribution in [3.8, 4) is 11.5 Å². The van der Waals surface area contributed by atoms with Crippen molar-refractivity contribution in [3.63, 3.8) is 0 Å². The molecule has 112 valence electrons. The van der Waals surface area contributed by atoms with Crippen LogP contribution in [0.25, 0.3) is 0 Å². The van der Waals surface area contributed by atoms with Gasteiger partial charge in [0.2, 0.25) is 0 Å². The first-order chi connectivity index (χ1) is 10.3. The number of allylic oxidation sites excluding steroid dienone is 1. The summed E-state index contributed by atoms with van der Waals surface area (Å²) in [5.41, 5.74) is 1.11. The van der Waals surface area contributed by atoms with Crippen LogP contribution >= 0.6 is 0 Å². The Morgan fingerprint density at radius 1 is 1.33 bits per heavy atom. The van der Waals surface area contributed by atoms with Crippen molar-refractivity contribution in [1.29, 1.82) is 0 Å². The highest BCUT2D eigenvalue weighted by Gasteiger charge is 2.04. The van der Waals surface area contributed by atoms with Crippen molar-refractivity contribution in [3.05, 3.63) is 55.1 Å². The summed E-state index contributed by atoms with van der Waals surface area (Å²) in [5.74, 6) is 1.76. The monoisotopic (exact) mass is 286 g/mol. The van der Waals surface area contributed by atoms with Crippen molar-refractivity contribution >= 4 is 0 Å². The van der Waals surface area contributed by atoms with Crippen LogP contribution in [0.1, 0.15) is 18.4 Å². The third kappa shape index (κ3) is 4.67. The molecule has 1 heterocycles. The SMILES string of the molecule is C=CCc1cc(OC)ccc1OCCCCn1ccnc1. The molecule has 2 rings (SSSR count). The molecule has 0 fully saturated rings. The van der Waals surface area contributed by atoms with Crippen LogP contribution in [-0.4, -0.2) is 23.3 Å². The minimum absolute atomic E-state index is 0.713. The molecule has 0 radical (unpaired) electrons. The van der Waals surface area contributed by atoms with E-state index in [0.29, 0.717) is 6.61 Å². The molecular formula is C17H22N2O2. The summed E-state index contributed by atoms with van der Waals surface area (Å²) < 4.78 is 13.2. The number of imidazole rings is 1. The van der Waals surface area contributed by atoms with Crippen LogP contribution in [-0.2, 0) is 13.0 Å². The Labute approximate surface area is 126 Å². The topological polar surface area (TPSA) is 36.3 Å². The van der Waals surface area contributed by atoms with E-state index >= 15 is 0 Å². The average molecular weight is 286 g/mol. The van der Waals surface area contributed by atoms with E-state index < -0.39 is 0 Å². The van der Waals surface area contributed by atoms with Gasteiger partial charge in [0.25, 0.3) is 0 Å². The van der Waals surface area contributed by atoms with Gasteiger partial charge in [-0.15, -0.1) is 6.58 Å². The van der Waals surface area contributed by atoms with Gasteiger partial charge in [0.05, 0.1) is 20.0 Å². The average Bonchev–Trinajstić information content (AvgIpc) is 3.01. The zero-order valence-corrected chi connectivity index (χ0v) is 12.5. The molecule has 0 bridgehead atoms. The second kappa shape index (κ2) is 8.15. The van der Waals surface area contributed by atoms with Gasteiger partial charge in [-0.1, -0.05) is 6.08 Å². The predicted molar refractivity (Wildman–Crippen MR) is 83.9 cm³/mol. The lowest BCUT2D eigenvalue weighted by Crippen LogP contribution is -2.03. The maximum Gasteiger partial charge on any atom is 0.123 e. The number of rotatable bonds is 9. The second-order valence-corrected chi connectivity index (χ2v) is 4.82. The number of hydrogen-bond donors (Lipinski definition) is 0. The van der Waals surface area contributed by atoms with Crippen molar-refractivity contribution in [2.75, 3.05) is 13.7 Å². The van der Waals surface area contributed by atoms with Crippen molar-refractivity contribution < 1.29 is 9.47 Å². The van der Waals surface area contributed by atoms with Crippen LogP contribution in [0.5, 0.6) is 11.5 Å². The molecule has 0 unspecified atom stereocenters. The molecule has 0 aliphatic rings. The molecule has 0 aliphatic heterocycles. The Bertz CT molecular complexity index is 550. The van der Waals surface area contributed by atoms with Crippen molar-refractivity contribution in [2.45, 2.75) is 25.8 Å².